The molecule has 5 nitrogen and oxygen atoms in total. The van der Waals surface area contributed by atoms with Crippen molar-refractivity contribution in [3.05, 3.63) is 23.9 Å². The third-order valence-corrected chi connectivity index (χ3v) is 2.15. The van der Waals surface area contributed by atoms with E-state index in [1.54, 1.807) is 32.4 Å². The molecule has 0 saturated heterocycles. The number of ether oxygens (including phenoxy) is 2. The number of hydrogen-bond donors (Lipinski definition) is 0. The van der Waals surface area contributed by atoms with Gasteiger partial charge in [0.15, 0.2) is 0 Å². The van der Waals surface area contributed by atoms with Crippen LogP contribution in [0.1, 0.15) is 17.3 Å². The van der Waals surface area contributed by atoms with Crippen LogP contribution in [-0.4, -0.2) is 44.9 Å². The maximum Gasteiger partial charge on any atom is 0.338 e. The summed E-state index contributed by atoms with van der Waals surface area (Å²) >= 11 is 0. The van der Waals surface area contributed by atoms with Gasteiger partial charge in [-0.15, -0.1) is 0 Å². The van der Waals surface area contributed by atoms with Gasteiger partial charge in [-0.25, -0.2) is 9.78 Å². The van der Waals surface area contributed by atoms with Crippen LogP contribution in [0, 0.1) is 0 Å². The summed E-state index contributed by atoms with van der Waals surface area (Å²) in [7, 11) is 5.30. The Morgan fingerprint density at radius 3 is 2.82 bits per heavy atom. The van der Waals surface area contributed by atoms with Crippen LogP contribution in [0.4, 0.5) is 5.82 Å². The van der Waals surface area contributed by atoms with Gasteiger partial charge >= 0.3 is 5.97 Å². The van der Waals surface area contributed by atoms with E-state index in [4.69, 9.17) is 9.47 Å². The molecule has 1 aromatic heterocycles. The van der Waals surface area contributed by atoms with Crippen LogP contribution in [0.25, 0.3) is 0 Å². The van der Waals surface area contributed by atoms with Crippen molar-refractivity contribution in [1.29, 1.82) is 0 Å². The number of nitrogens with zero attached hydrogens (tertiary/aromatic N) is 2. The van der Waals surface area contributed by atoms with Gasteiger partial charge < -0.3 is 14.4 Å². The van der Waals surface area contributed by atoms with Gasteiger partial charge in [0.05, 0.1) is 12.2 Å². The highest BCUT2D eigenvalue weighted by Crippen LogP contribution is 2.11. The monoisotopic (exact) mass is 238 g/mol. The Labute approximate surface area is 101 Å². The molecule has 0 unspecified atom stereocenters. The van der Waals surface area contributed by atoms with Crippen molar-refractivity contribution >= 4 is 11.8 Å². The maximum absolute atomic E-state index is 11.8. The molecule has 0 aromatic carbocycles. The molecule has 1 heterocycles. The smallest absolute Gasteiger partial charge is 0.338 e. The lowest BCUT2D eigenvalue weighted by Gasteiger charge is -2.14. The van der Waals surface area contributed by atoms with Crippen molar-refractivity contribution in [3.8, 4) is 0 Å². The summed E-state index contributed by atoms with van der Waals surface area (Å²) in [6.45, 7) is 2.17. The molecule has 0 aliphatic heterocycles. The van der Waals surface area contributed by atoms with Gasteiger partial charge in [0.25, 0.3) is 0 Å². The molecule has 0 radical (unpaired) electrons. The average molecular weight is 238 g/mol. The fraction of sp³-hybridized carbons (Fsp3) is 0.500. The number of anilines is 1. The van der Waals surface area contributed by atoms with Crippen LogP contribution in [0.5, 0.6) is 0 Å². The van der Waals surface area contributed by atoms with Crippen LogP contribution in [0.3, 0.4) is 0 Å². The predicted octanol–water partition coefficient (Wildman–Crippen LogP) is 1.34. The molecule has 17 heavy (non-hydrogen) atoms. The van der Waals surface area contributed by atoms with Gasteiger partial charge in [0, 0.05) is 27.4 Å². The van der Waals surface area contributed by atoms with Gasteiger partial charge in [-0.3, -0.25) is 0 Å². The predicted molar refractivity (Wildman–Crippen MR) is 65.3 cm³/mol. The van der Waals surface area contributed by atoms with Gasteiger partial charge in [-0.2, -0.15) is 0 Å². The van der Waals surface area contributed by atoms with Crippen molar-refractivity contribution in [2.24, 2.45) is 0 Å². The summed E-state index contributed by atoms with van der Waals surface area (Å²) in [5.41, 5.74) is 0.492. The molecule has 94 valence electrons. The van der Waals surface area contributed by atoms with Crippen molar-refractivity contribution in [3.63, 3.8) is 0 Å². The highest BCUT2D eigenvalue weighted by atomic mass is 16.6. The second-order valence-corrected chi connectivity index (χ2v) is 3.97. The van der Waals surface area contributed by atoms with Crippen LogP contribution < -0.4 is 4.90 Å². The first-order chi connectivity index (χ1) is 8.04. The Morgan fingerprint density at radius 1 is 1.53 bits per heavy atom. The van der Waals surface area contributed by atoms with Crippen molar-refractivity contribution in [1.82, 2.24) is 4.98 Å². The summed E-state index contributed by atoms with van der Waals surface area (Å²) in [6, 6.07) is 3.33. The molecular weight excluding hydrogens is 220 g/mol. The van der Waals surface area contributed by atoms with E-state index in [0.717, 1.165) is 5.82 Å². The summed E-state index contributed by atoms with van der Waals surface area (Å²) in [4.78, 5) is 17.7. The van der Waals surface area contributed by atoms with Gasteiger partial charge in [-0.1, -0.05) is 0 Å². The largest absolute Gasteiger partial charge is 0.457 e. The van der Waals surface area contributed by atoms with Crippen LogP contribution in [0.2, 0.25) is 0 Å². The zero-order valence-corrected chi connectivity index (χ0v) is 10.6. The number of rotatable bonds is 5. The van der Waals surface area contributed by atoms with E-state index in [0.29, 0.717) is 12.2 Å². The molecule has 5 heteroatoms. The minimum Gasteiger partial charge on any atom is -0.457 e. The minimum atomic E-state index is -0.361. The minimum absolute atomic E-state index is 0.261. The lowest BCUT2D eigenvalue weighted by Crippen LogP contribution is -2.20. The molecule has 0 bridgehead atoms. The van der Waals surface area contributed by atoms with E-state index in [-0.39, 0.29) is 12.1 Å². The van der Waals surface area contributed by atoms with Crippen molar-refractivity contribution in [2.45, 2.75) is 13.0 Å². The third-order valence-electron chi connectivity index (χ3n) is 2.15. The Hall–Kier alpha value is -1.62. The zero-order valence-electron chi connectivity index (χ0n) is 10.6. The first-order valence-electron chi connectivity index (χ1n) is 5.38. The first kappa shape index (κ1) is 13.4. The normalized spacial score (nSPS) is 12.0. The molecule has 1 aromatic rings. The first-order valence-corrected chi connectivity index (χ1v) is 5.38. The fourth-order valence-corrected chi connectivity index (χ4v) is 1.31. The van der Waals surface area contributed by atoms with Crippen molar-refractivity contribution in [2.75, 3.05) is 32.7 Å². The Bertz CT molecular complexity index is 380. The molecule has 0 amide bonds. The quantitative estimate of drug-likeness (QED) is 0.724. The maximum atomic E-state index is 11.8. The lowest BCUT2D eigenvalue weighted by molar-refractivity contribution is 0.0120. The van der Waals surface area contributed by atoms with Crippen LogP contribution >= 0.6 is 0 Å². The molecule has 0 N–H and O–H groups in total. The Morgan fingerprint density at radius 2 is 2.24 bits per heavy atom. The molecular formula is C12H18N2O3. The third kappa shape index (κ3) is 4.03. The molecule has 1 rings (SSSR count). The summed E-state index contributed by atoms with van der Waals surface area (Å²) in [5, 5.41) is 0. The second kappa shape index (κ2) is 6.20. The van der Waals surface area contributed by atoms with Gasteiger partial charge in [-0.05, 0) is 19.1 Å². The van der Waals surface area contributed by atoms with E-state index in [1.165, 1.54) is 0 Å². The highest BCUT2D eigenvalue weighted by Gasteiger charge is 2.12. The molecule has 0 aliphatic carbocycles. The Balaban J connectivity index is 2.72. The average Bonchev–Trinajstić information content (AvgIpc) is 2.29. The number of hydrogen-bond acceptors (Lipinski definition) is 5. The van der Waals surface area contributed by atoms with Crippen molar-refractivity contribution < 1.29 is 14.3 Å². The molecule has 1 atom stereocenters. The van der Waals surface area contributed by atoms with E-state index in [1.807, 2.05) is 19.0 Å². The van der Waals surface area contributed by atoms with E-state index < -0.39 is 0 Å². The number of esters is 1. The summed E-state index contributed by atoms with van der Waals surface area (Å²) in [5.74, 6) is 0.360. The van der Waals surface area contributed by atoms with Crippen LogP contribution in [-0.2, 0) is 9.47 Å². The summed E-state index contributed by atoms with van der Waals surface area (Å²) < 4.78 is 10.1. The van der Waals surface area contributed by atoms with Crippen LogP contribution in [0.15, 0.2) is 18.3 Å². The summed E-state index contributed by atoms with van der Waals surface area (Å²) in [6.07, 6.45) is 1.33. The van der Waals surface area contributed by atoms with E-state index >= 15 is 0 Å². The topological polar surface area (TPSA) is 51.7 Å². The SMILES string of the molecule is COC[C@H](C)OC(=O)c1ccnc(N(C)C)c1. The Kier molecular flexibility index (Phi) is 4.90. The second-order valence-electron chi connectivity index (χ2n) is 3.97. The lowest BCUT2D eigenvalue weighted by atomic mass is 10.2. The van der Waals surface area contributed by atoms with Gasteiger partial charge in [0.1, 0.15) is 11.9 Å². The molecule has 0 spiro atoms. The standard InChI is InChI=1S/C12H18N2O3/c1-9(8-16-4)17-12(15)10-5-6-13-11(7-10)14(2)3/h5-7,9H,8H2,1-4H3/t9-/m0/s1. The highest BCUT2D eigenvalue weighted by molar-refractivity contribution is 5.90. The van der Waals surface area contributed by atoms with E-state index in [9.17, 15) is 4.79 Å². The zero-order chi connectivity index (χ0) is 12.8. The number of carbonyl (C=O) groups is 1. The fourth-order valence-electron chi connectivity index (χ4n) is 1.31. The molecule has 0 aliphatic rings. The molecule has 0 saturated carbocycles. The number of aromatic nitrogens is 1. The number of pyridine rings is 1. The van der Waals surface area contributed by atoms with Gasteiger partial charge in [0.2, 0.25) is 0 Å². The number of methoxy groups -OCH3 is 1. The molecule has 0 fully saturated rings. The van der Waals surface area contributed by atoms with E-state index in [2.05, 4.69) is 4.98 Å². The number of carbonyl (C=O) groups excluding carboxylic acids is 1.